The summed E-state index contributed by atoms with van der Waals surface area (Å²) in [5.41, 5.74) is 7.99. The largest absolute Gasteiger partial charge is 0.326 e. The third kappa shape index (κ3) is 2.53. The van der Waals surface area contributed by atoms with E-state index in [4.69, 9.17) is 5.73 Å². The summed E-state index contributed by atoms with van der Waals surface area (Å²) in [6, 6.07) is 6.10. The fraction of sp³-hybridized carbons (Fsp3) is 0.462. The van der Waals surface area contributed by atoms with Crippen LogP contribution in [0, 0.1) is 0 Å². The van der Waals surface area contributed by atoms with Gasteiger partial charge in [0, 0.05) is 23.5 Å². The molecule has 1 heterocycles. The van der Waals surface area contributed by atoms with Gasteiger partial charge < -0.3 is 10.6 Å². The monoisotopic (exact) mass is 296 g/mol. The number of nitrogens with two attached hydrogens (primary N) is 1. The van der Waals surface area contributed by atoms with Crippen molar-refractivity contribution in [2.24, 2.45) is 5.73 Å². The predicted molar refractivity (Wildman–Crippen MR) is 73.2 cm³/mol. The molecular weight excluding hydrogens is 280 g/mol. The summed E-state index contributed by atoms with van der Waals surface area (Å²) in [7, 11) is 0. The molecule has 92 valence electrons. The molecule has 1 atom stereocenters. The van der Waals surface area contributed by atoms with Gasteiger partial charge in [0.15, 0.2) is 0 Å². The molecule has 1 unspecified atom stereocenters. The third-order valence-corrected chi connectivity index (χ3v) is 3.72. The van der Waals surface area contributed by atoms with E-state index in [2.05, 4.69) is 41.9 Å². The van der Waals surface area contributed by atoms with E-state index in [1.165, 1.54) is 5.56 Å². The summed E-state index contributed by atoms with van der Waals surface area (Å²) in [6.07, 6.45) is 0.443. The fourth-order valence-corrected chi connectivity index (χ4v) is 2.68. The second-order valence-electron chi connectivity index (χ2n) is 4.83. The Balaban J connectivity index is 2.31. The summed E-state index contributed by atoms with van der Waals surface area (Å²) in [5, 5.41) is 0. The molecule has 4 heteroatoms. The number of benzene rings is 1. The first kappa shape index (κ1) is 12.6. The minimum Gasteiger partial charge on any atom is -0.326 e. The minimum atomic E-state index is -0.0424. The molecule has 1 fully saturated rings. The number of carbonyl (C=O) groups excluding carboxylic acids is 1. The highest BCUT2D eigenvalue weighted by molar-refractivity contribution is 9.10. The van der Waals surface area contributed by atoms with Crippen molar-refractivity contribution in [3.8, 4) is 0 Å². The van der Waals surface area contributed by atoms with Crippen molar-refractivity contribution < 1.29 is 4.79 Å². The van der Waals surface area contributed by atoms with Gasteiger partial charge in [-0.3, -0.25) is 4.79 Å². The first-order chi connectivity index (χ1) is 7.99. The average Bonchev–Trinajstić information content (AvgIpc) is 2.57. The number of amides is 1. The molecule has 1 aromatic carbocycles. The molecular formula is C13H17BrN2O. The number of carbonyl (C=O) groups is 1. The van der Waals surface area contributed by atoms with Gasteiger partial charge in [-0.2, -0.15) is 0 Å². The lowest BCUT2D eigenvalue weighted by atomic mass is 10.0. The van der Waals surface area contributed by atoms with Crippen LogP contribution in [-0.2, 0) is 4.79 Å². The quantitative estimate of drug-likeness (QED) is 0.912. The average molecular weight is 297 g/mol. The van der Waals surface area contributed by atoms with Crippen LogP contribution < -0.4 is 10.6 Å². The van der Waals surface area contributed by atoms with Crippen LogP contribution in [-0.4, -0.2) is 18.5 Å². The van der Waals surface area contributed by atoms with E-state index >= 15 is 0 Å². The molecule has 0 radical (unpaired) electrons. The Morgan fingerprint density at radius 2 is 2.18 bits per heavy atom. The van der Waals surface area contributed by atoms with Crippen molar-refractivity contribution in [2.45, 2.75) is 32.2 Å². The molecule has 0 saturated carbocycles. The van der Waals surface area contributed by atoms with Gasteiger partial charge in [-0.1, -0.05) is 19.9 Å². The molecule has 1 amide bonds. The van der Waals surface area contributed by atoms with E-state index in [0.29, 0.717) is 18.9 Å². The molecule has 0 bridgehead atoms. The second kappa shape index (κ2) is 4.78. The Labute approximate surface area is 110 Å². The topological polar surface area (TPSA) is 46.3 Å². The van der Waals surface area contributed by atoms with Crippen LogP contribution in [0.15, 0.2) is 22.7 Å². The summed E-state index contributed by atoms with van der Waals surface area (Å²) in [5.74, 6) is 0.590. The Bertz CT molecular complexity index is 445. The molecule has 0 spiro atoms. The molecule has 0 aromatic heterocycles. The predicted octanol–water partition coefficient (Wildman–Crippen LogP) is 2.64. The smallest absolute Gasteiger partial charge is 0.228 e. The number of hydrogen-bond acceptors (Lipinski definition) is 2. The van der Waals surface area contributed by atoms with E-state index < -0.39 is 0 Å². The van der Waals surface area contributed by atoms with Crippen molar-refractivity contribution in [3.63, 3.8) is 0 Å². The van der Waals surface area contributed by atoms with Crippen LogP contribution in [0.25, 0.3) is 0 Å². The fourth-order valence-electron chi connectivity index (χ4n) is 2.07. The van der Waals surface area contributed by atoms with Gasteiger partial charge in [0.2, 0.25) is 5.91 Å². The number of anilines is 1. The summed E-state index contributed by atoms with van der Waals surface area (Å²) in [6.45, 7) is 4.91. The molecule has 1 aromatic rings. The minimum absolute atomic E-state index is 0.0424. The van der Waals surface area contributed by atoms with Crippen LogP contribution in [0.3, 0.4) is 0 Å². The van der Waals surface area contributed by atoms with Crippen LogP contribution in [0.5, 0.6) is 0 Å². The standard InChI is InChI=1S/C13H17BrN2O/c1-8(2)9-3-4-12(11(14)5-9)16-7-10(15)6-13(16)17/h3-5,8,10H,6-7,15H2,1-2H3. The molecule has 0 aliphatic carbocycles. The molecule has 1 aliphatic rings. The maximum atomic E-state index is 11.8. The van der Waals surface area contributed by atoms with Crippen molar-refractivity contribution in [1.29, 1.82) is 0 Å². The van der Waals surface area contributed by atoms with Crippen molar-refractivity contribution in [1.82, 2.24) is 0 Å². The van der Waals surface area contributed by atoms with Gasteiger partial charge in [-0.25, -0.2) is 0 Å². The molecule has 2 N–H and O–H groups in total. The Kier molecular flexibility index (Phi) is 3.54. The molecule has 17 heavy (non-hydrogen) atoms. The summed E-state index contributed by atoms with van der Waals surface area (Å²) in [4.78, 5) is 13.5. The van der Waals surface area contributed by atoms with Gasteiger partial charge in [0.1, 0.15) is 0 Å². The van der Waals surface area contributed by atoms with E-state index in [9.17, 15) is 4.79 Å². The lowest BCUT2D eigenvalue weighted by Gasteiger charge is -2.19. The first-order valence-corrected chi connectivity index (χ1v) is 6.63. The van der Waals surface area contributed by atoms with E-state index in [0.717, 1.165) is 10.2 Å². The van der Waals surface area contributed by atoms with Crippen LogP contribution in [0.4, 0.5) is 5.69 Å². The number of hydrogen-bond donors (Lipinski definition) is 1. The normalized spacial score (nSPS) is 20.4. The molecule has 1 aliphatic heterocycles. The molecule has 2 rings (SSSR count). The number of rotatable bonds is 2. The highest BCUT2D eigenvalue weighted by atomic mass is 79.9. The molecule has 1 saturated heterocycles. The van der Waals surface area contributed by atoms with E-state index in [1.54, 1.807) is 4.90 Å². The summed E-state index contributed by atoms with van der Waals surface area (Å²) >= 11 is 3.54. The zero-order chi connectivity index (χ0) is 12.6. The van der Waals surface area contributed by atoms with Crippen LogP contribution in [0.1, 0.15) is 31.7 Å². The van der Waals surface area contributed by atoms with E-state index in [1.807, 2.05) is 6.07 Å². The Morgan fingerprint density at radius 1 is 1.47 bits per heavy atom. The van der Waals surface area contributed by atoms with Gasteiger partial charge >= 0.3 is 0 Å². The highest BCUT2D eigenvalue weighted by Crippen LogP contribution is 2.32. The van der Waals surface area contributed by atoms with Crippen molar-refractivity contribution in [3.05, 3.63) is 28.2 Å². The van der Waals surface area contributed by atoms with Crippen molar-refractivity contribution >= 4 is 27.5 Å². The SMILES string of the molecule is CC(C)c1ccc(N2CC(N)CC2=O)c(Br)c1. The maximum Gasteiger partial charge on any atom is 0.228 e. The van der Waals surface area contributed by atoms with Gasteiger partial charge in [-0.05, 0) is 39.5 Å². The Morgan fingerprint density at radius 3 is 2.65 bits per heavy atom. The molecule has 3 nitrogen and oxygen atoms in total. The third-order valence-electron chi connectivity index (χ3n) is 3.08. The second-order valence-corrected chi connectivity index (χ2v) is 5.69. The van der Waals surface area contributed by atoms with Gasteiger partial charge in [0.05, 0.1) is 5.69 Å². The first-order valence-electron chi connectivity index (χ1n) is 5.84. The van der Waals surface area contributed by atoms with Gasteiger partial charge in [0.25, 0.3) is 0 Å². The van der Waals surface area contributed by atoms with E-state index in [-0.39, 0.29) is 11.9 Å². The lowest BCUT2D eigenvalue weighted by molar-refractivity contribution is -0.117. The lowest BCUT2D eigenvalue weighted by Crippen LogP contribution is -2.28. The summed E-state index contributed by atoms with van der Waals surface area (Å²) < 4.78 is 0.964. The zero-order valence-corrected chi connectivity index (χ0v) is 11.7. The maximum absolute atomic E-state index is 11.8. The van der Waals surface area contributed by atoms with Gasteiger partial charge in [-0.15, -0.1) is 0 Å². The van der Waals surface area contributed by atoms with Crippen molar-refractivity contribution in [2.75, 3.05) is 11.4 Å². The van der Waals surface area contributed by atoms with Crippen LogP contribution >= 0.6 is 15.9 Å². The zero-order valence-electron chi connectivity index (χ0n) is 10.1. The Hall–Kier alpha value is -0.870. The highest BCUT2D eigenvalue weighted by Gasteiger charge is 2.29. The number of nitrogens with zero attached hydrogens (tertiary/aromatic N) is 1. The van der Waals surface area contributed by atoms with Crippen LogP contribution in [0.2, 0.25) is 0 Å². The number of halogens is 1.